The van der Waals surface area contributed by atoms with Crippen LogP contribution >= 0.6 is 0 Å². The molecule has 0 saturated carbocycles. The summed E-state index contributed by atoms with van der Waals surface area (Å²) >= 11 is 0. The smallest absolute Gasteiger partial charge is 0.146 e. The van der Waals surface area contributed by atoms with Gasteiger partial charge in [0.2, 0.25) is 0 Å². The molecule has 1 aromatic heterocycles. The zero-order valence-electron chi connectivity index (χ0n) is 15.3. The third-order valence-electron chi connectivity index (χ3n) is 5.33. The summed E-state index contributed by atoms with van der Waals surface area (Å²) in [5.41, 5.74) is 3.06. The number of hydrogen-bond donors (Lipinski definition) is 2. The molecule has 1 atom stereocenters. The monoisotopic (exact) mass is 371 g/mol. The molecule has 4 nitrogen and oxygen atoms in total. The molecule has 4 rings (SSSR count). The summed E-state index contributed by atoms with van der Waals surface area (Å²) in [6, 6.07) is 11.4. The first-order chi connectivity index (χ1) is 13.0. The Hall–Kier alpha value is -2.44. The van der Waals surface area contributed by atoms with Gasteiger partial charge < -0.3 is 15.0 Å². The van der Waals surface area contributed by atoms with Gasteiger partial charge in [0.1, 0.15) is 11.6 Å². The van der Waals surface area contributed by atoms with Crippen LogP contribution in [-0.2, 0) is 0 Å². The third-order valence-corrected chi connectivity index (χ3v) is 5.33. The van der Waals surface area contributed by atoms with Crippen molar-refractivity contribution in [3.63, 3.8) is 0 Å². The molecule has 1 fully saturated rings. The minimum Gasteiger partial charge on any atom is -0.387 e. The SMILES string of the molecule is Cc1[nH]c2ccc(F)cc2c1[C@H](O)CN1CCN(c2ccccc2F)CC1. The van der Waals surface area contributed by atoms with Gasteiger partial charge in [-0.1, -0.05) is 12.1 Å². The van der Waals surface area contributed by atoms with Gasteiger partial charge in [-0.05, 0) is 37.3 Å². The maximum atomic E-state index is 14.0. The molecule has 142 valence electrons. The molecule has 27 heavy (non-hydrogen) atoms. The molecule has 0 bridgehead atoms. The van der Waals surface area contributed by atoms with Crippen LogP contribution in [0.4, 0.5) is 14.5 Å². The first-order valence-corrected chi connectivity index (χ1v) is 9.20. The van der Waals surface area contributed by atoms with Crippen molar-refractivity contribution in [3.05, 3.63) is 65.4 Å². The average molecular weight is 371 g/mol. The lowest BCUT2D eigenvalue weighted by molar-refractivity contribution is 0.110. The van der Waals surface area contributed by atoms with Gasteiger partial charge in [-0.3, -0.25) is 4.90 Å². The van der Waals surface area contributed by atoms with Gasteiger partial charge in [0.05, 0.1) is 11.8 Å². The first-order valence-electron chi connectivity index (χ1n) is 9.20. The highest BCUT2D eigenvalue weighted by Crippen LogP contribution is 2.29. The van der Waals surface area contributed by atoms with Crippen LogP contribution in [0.1, 0.15) is 17.4 Å². The second-order valence-electron chi connectivity index (χ2n) is 7.11. The molecule has 0 unspecified atom stereocenters. The van der Waals surface area contributed by atoms with Crippen LogP contribution in [0.5, 0.6) is 0 Å². The van der Waals surface area contributed by atoms with E-state index in [4.69, 9.17) is 0 Å². The summed E-state index contributed by atoms with van der Waals surface area (Å²) in [4.78, 5) is 7.41. The summed E-state index contributed by atoms with van der Waals surface area (Å²) in [6.07, 6.45) is -0.708. The molecule has 6 heteroatoms. The zero-order chi connectivity index (χ0) is 19.0. The summed E-state index contributed by atoms with van der Waals surface area (Å²) < 4.78 is 27.6. The van der Waals surface area contributed by atoms with Crippen molar-refractivity contribution in [2.24, 2.45) is 0 Å². The lowest BCUT2D eigenvalue weighted by atomic mass is 10.0. The van der Waals surface area contributed by atoms with Crippen molar-refractivity contribution in [1.82, 2.24) is 9.88 Å². The number of piperazine rings is 1. The molecular weight excluding hydrogens is 348 g/mol. The van der Waals surface area contributed by atoms with Crippen LogP contribution in [-0.4, -0.2) is 47.7 Å². The molecule has 1 aliphatic rings. The number of anilines is 1. The molecule has 0 radical (unpaired) electrons. The van der Waals surface area contributed by atoms with Gasteiger partial charge in [0, 0.05) is 54.9 Å². The number of benzene rings is 2. The van der Waals surface area contributed by atoms with Crippen LogP contribution in [0.25, 0.3) is 10.9 Å². The Morgan fingerprint density at radius 2 is 1.81 bits per heavy atom. The van der Waals surface area contributed by atoms with E-state index in [0.717, 1.165) is 35.2 Å². The maximum Gasteiger partial charge on any atom is 0.146 e. The molecule has 1 aliphatic heterocycles. The molecule has 3 aromatic rings. The van der Waals surface area contributed by atoms with Crippen LogP contribution in [0, 0.1) is 18.6 Å². The summed E-state index contributed by atoms with van der Waals surface area (Å²) in [5, 5.41) is 11.5. The number of aromatic nitrogens is 1. The van der Waals surface area contributed by atoms with Gasteiger partial charge in [-0.2, -0.15) is 0 Å². The van der Waals surface area contributed by atoms with Crippen molar-refractivity contribution < 1.29 is 13.9 Å². The minimum atomic E-state index is -0.708. The Balaban J connectivity index is 1.44. The molecule has 0 amide bonds. The number of fused-ring (bicyclic) bond motifs is 1. The van der Waals surface area contributed by atoms with Gasteiger partial charge in [-0.25, -0.2) is 8.78 Å². The Labute approximate surface area is 157 Å². The number of β-amino-alcohol motifs (C(OH)–C–C–N with tert-alkyl or cyclic N) is 1. The van der Waals surface area contributed by atoms with E-state index in [1.54, 1.807) is 18.2 Å². The quantitative estimate of drug-likeness (QED) is 0.736. The number of halogens is 2. The maximum absolute atomic E-state index is 14.0. The van der Waals surface area contributed by atoms with E-state index in [1.165, 1.54) is 18.2 Å². The minimum absolute atomic E-state index is 0.206. The highest BCUT2D eigenvalue weighted by molar-refractivity contribution is 5.85. The number of rotatable bonds is 4. The number of aromatic amines is 1. The van der Waals surface area contributed by atoms with Crippen molar-refractivity contribution in [2.75, 3.05) is 37.6 Å². The van der Waals surface area contributed by atoms with Gasteiger partial charge in [-0.15, -0.1) is 0 Å². The van der Waals surface area contributed by atoms with Crippen LogP contribution in [0.15, 0.2) is 42.5 Å². The average Bonchev–Trinajstić information content (AvgIpc) is 2.98. The number of H-pyrrole nitrogens is 1. The summed E-state index contributed by atoms with van der Waals surface area (Å²) in [7, 11) is 0. The molecular formula is C21H23F2N3O. The third kappa shape index (κ3) is 3.55. The highest BCUT2D eigenvalue weighted by atomic mass is 19.1. The fourth-order valence-electron chi connectivity index (χ4n) is 3.96. The number of nitrogens with zero attached hydrogens (tertiary/aromatic N) is 2. The van der Waals surface area contributed by atoms with E-state index >= 15 is 0 Å². The number of hydrogen-bond acceptors (Lipinski definition) is 3. The number of aryl methyl sites for hydroxylation is 1. The van der Waals surface area contributed by atoms with E-state index in [2.05, 4.69) is 9.88 Å². The first kappa shape index (κ1) is 17.9. The van der Waals surface area contributed by atoms with Crippen molar-refractivity contribution in [2.45, 2.75) is 13.0 Å². The molecule has 2 N–H and O–H groups in total. The van der Waals surface area contributed by atoms with Gasteiger partial charge in [0.15, 0.2) is 0 Å². The van der Waals surface area contributed by atoms with E-state index in [0.29, 0.717) is 25.3 Å². The fraction of sp³-hybridized carbons (Fsp3) is 0.333. The largest absolute Gasteiger partial charge is 0.387 e. The van der Waals surface area contributed by atoms with E-state index < -0.39 is 6.10 Å². The molecule has 1 saturated heterocycles. The van der Waals surface area contributed by atoms with Crippen LogP contribution < -0.4 is 4.90 Å². The van der Waals surface area contributed by atoms with Gasteiger partial charge in [0.25, 0.3) is 0 Å². The molecule has 0 aliphatic carbocycles. The van der Waals surface area contributed by atoms with E-state index in [-0.39, 0.29) is 11.6 Å². The molecule has 2 aromatic carbocycles. The Morgan fingerprint density at radius 3 is 2.56 bits per heavy atom. The van der Waals surface area contributed by atoms with Gasteiger partial charge >= 0.3 is 0 Å². The lowest BCUT2D eigenvalue weighted by Gasteiger charge is -2.37. The second kappa shape index (κ2) is 7.29. The summed E-state index contributed by atoms with van der Waals surface area (Å²) in [5.74, 6) is -0.518. The predicted octanol–water partition coefficient (Wildman–Crippen LogP) is 3.61. The van der Waals surface area contributed by atoms with Crippen molar-refractivity contribution >= 4 is 16.6 Å². The number of aliphatic hydroxyl groups excluding tert-OH is 1. The Morgan fingerprint density at radius 1 is 1.07 bits per heavy atom. The number of nitrogens with one attached hydrogen (secondary N) is 1. The normalized spacial score (nSPS) is 16.8. The number of aliphatic hydroxyl groups is 1. The topological polar surface area (TPSA) is 42.5 Å². The van der Waals surface area contributed by atoms with Crippen molar-refractivity contribution in [1.29, 1.82) is 0 Å². The zero-order valence-corrected chi connectivity index (χ0v) is 15.3. The predicted molar refractivity (Wildman–Crippen MR) is 103 cm³/mol. The number of para-hydroxylation sites is 1. The molecule has 2 heterocycles. The highest BCUT2D eigenvalue weighted by Gasteiger charge is 2.24. The second-order valence-corrected chi connectivity index (χ2v) is 7.11. The van der Waals surface area contributed by atoms with Crippen molar-refractivity contribution in [3.8, 4) is 0 Å². The van der Waals surface area contributed by atoms with Crippen LogP contribution in [0.2, 0.25) is 0 Å². The Kier molecular flexibility index (Phi) is 4.85. The standard InChI is InChI=1S/C21H23F2N3O/c1-14-21(16-12-15(22)6-7-18(16)24-14)20(27)13-25-8-10-26(11-9-25)19-5-3-2-4-17(19)23/h2-7,12,20,24,27H,8-11,13H2,1H3/t20-/m1/s1. The lowest BCUT2D eigenvalue weighted by Crippen LogP contribution is -2.47. The van der Waals surface area contributed by atoms with E-state index in [1.807, 2.05) is 17.9 Å². The van der Waals surface area contributed by atoms with E-state index in [9.17, 15) is 13.9 Å². The summed E-state index contributed by atoms with van der Waals surface area (Å²) in [6.45, 7) is 5.24. The fourth-order valence-corrected chi connectivity index (χ4v) is 3.96. The van der Waals surface area contributed by atoms with Crippen LogP contribution in [0.3, 0.4) is 0 Å². The molecule has 0 spiro atoms. The Bertz CT molecular complexity index is 948.